The Kier molecular flexibility index (Phi) is 6.04. The molecule has 158 valence electrons. The number of aromatic nitrogens is 3. The highest BCUT2D eigenvalue weighted by Crippen LogP contribution is 2.30. The van der Waals surface area contributed by atoms with Crippen LogP contribution in [0.25, 0.3) is 5.69 Å². The van der Waals surface area contributed by atoms with Crippen LogP contribution in [0.3, 0.4) is 0 Å². The number of nitrogens with zero attached hydrogens (tertiary/aromatic N) is 3. The van der Waals surface area contributed by atoms with Gasteiger partial charge < -0.3 is 4.74 Å². The molecule has 0 N–H and O–H groups in total. The maximum Gasteiger partial charge on any atom is 0.277 e. The fourth-order valence-corrected chi connectivity index (χ4v) is 3.36. The molecule has 0 aliphatic carbocycles. The fourth-order valence-electron chi connectivity index (χ4n) is 3.18. The predicted molar refractivity (Wildman–Crippen MR) is 118 cm³/mol. The van der Waals surface area contributed by atoms with E-state index >= 15 is 0 Å². The van der Waals surface area contributed by atoms with E-state index in [-0.39, 0.29) is 27.9 Å². The smallest absolute Gasteiger partial charge is 0.277 e. The molecule has 0 aliphatic heterocycles. The molecular weight excluding hydrogens is 425 g/mol. The van der Waals surface area contributed by atoms with Gasteiger partial charge in [0.05, 0.1) is 17.3 Å². The zero-order valence-electron chi connectivity index (χ0n) is 17.6. The van der Waals surface area contributed by atoms with E-state index in [4.69, 9.17) is 16.3 Å². The number of aryl methyl sites for hydroxylation is 2. The Bertz CT molecular complexity index is 1270. The molecule has 0 radical (unpaired) electrons. The van der Waals surface area contributed by atoms with E-state index in [0.29, 0.717) is 23.0 Å². The molecule has 0 atom stereocenters. The average molecular weight is 443 g/mol. The van der Waals surface area contributed by atoms with Gasteiger partial charge in [0, 0.05) is 30.9 Å². The molecule has 11 heteroatoms. The van der Waals surface area contributed by atoms with Crippen molar-refractivity contribution in [3.8, 4) is 11.4 Å². The lowest BCUT2D eigenvalue weighted by Crippen LogP contribution is -2.37. The molecule has 0 saturated heterocycles. The van der Waals surface area contributed by atoms with Crippen molar-refractivity contribution in [2.75, 3.05) is 0 Å². The van der Waals surface area contributed by atoms with E-state index < -0.39 is 22.6 Å². The minimum atomic E-state index is -1.35. The Hall–Kier alpha value is -3.00. The van der Waals surface area contributed by atoms with Gasteiger partial charge in [0.2, 0.25) is 0 Å². The molecule has 0 fully saturated rings. The highest BCUT2D eigenvalue weighted by molar-refractivity contribution is 6.39. The molecule has 6 nitrogen and oxygen atoms in total. The van der Waals surface area contributed by atoms with Gasteiger partial charge in [-0.25, -0.2) is 8.78 Å². The number of Topliss-reactive ketones (excluding diaryl/α,β-unsaturated/α-hetero) is 1. The number of carbonyl (C=O) groups is 1. The van der Waals surface area contributed by atoms with Gasteiger partial charge in [0.1, 0.15) is 33.8 Å². The van der Waals surface area contributed by atoms with E-state index in [0.717, 1.165) is 6.20 Å². The summed E-state index contributed by atoms with van der Waals surface area (Å²) >= 11 is 6.32. The molecule has 0 spiro atoms. The first-order valence-electron chi connectivity index (χ1n) is 9.33. The Labute approximate surface area is 184 Å². The van der Waals surface area contributed by atoms with Crippen molar-refractivity contribution in [3.05, 3.63) is 80.2 Å². The number of ketones is 1. The highest BCUT2D eigenvalue weighted by atomic mass is 35.5. The summed E-state index contributed by atoms with van der Waals surface area (Å²) in [5.74, 6) is -1.91. The van der Waals surface area contributed by atoms with Gasteiger partial charge in [0.25, 0.3) is 5.56 Å². The lowest BCUT2D eigenvalue weighted by atomic mass is 9.62. The summed E-state index contributed by atoms with van der Waals surface area (Å²) in [6.45, 7) is 4.80. The van der Waals surface area contributed by atoms with Gasteiger partial charge in [-0.05, 0) is 25.5 Å². The van der Waals surface area contributed by atoms with E-state index in [2.05, 4.69) is 9.97 Å². The summed E-state index contributed by atoms with van der Waals surface area (Å²) in [7, 11) is 3.05. The topological polar surface area (TPSA) is 74.1 Å². The fraction of sp³-hybridized carbons (Fsp3) is 0.200. The van der Waals surface area contributed by atoms with E-state index in [1.807, 2.05) is 0 Å². The lowest BCUT2D eigenvalue weighted by Gasteiger charge is -2.28. The lowest BCUT2D eigenvalue weighted by molar-refractivity contribution is 0.101. The molecule has 3 aromatic heterocycles. The second kappa shape index (κ2) is 8.26. The van der Waals surface area contributed by atoms with Gasteiger partial charge in [-0.1, -0.05) is 11.6 Å². The summed E-state index contributed by atoms with van der Waals surface area (Å²) in [5.41, 5.74) is 1.09. The van der Waals surface area contributed by atoms with Crippen LogP contribution in [0.15, 0.2) is 35.4 Å². The molecule has 0 bridgehead atoms. The summed E-state index contributed by atoms with van der Waals surface area (Å²) in [5, 5.41) is -1.58. The zero-order valence-corrected chi connectivity index (χ0v) is 18.3. The van der Waals surface area contributed by atoms with Crippen molar-refractivity contribution in [3.63, 3.8) is 0 Å². The van der Waals surface area contributed by atoms with Crippen LogP contribution in [0.2, 0.25) is 5.02 Å². The van der Waals surface area contributed by atoms with Crippen molar-refractivity contribution in [2.45, 2.75) is 26.2 Å². The summed E-state index contributed by atoms with van der Waals surface area (Å²) in [4.78, 5) is 32.7. The molecule has 3 aromatic rings. The number of pyridine rings is 3. The molecule has 0 saturated carbocycles. The van der Waals surface area contributed by atoms with Crippen molar-refractivity contribution in [1.29, 1.82) is 0 Å². The van der Waals surface area contributed by atoms with Crippen molar-refractivity contribution < 1.29 is 18.3 Å². The first kappa shape index (κ1) is 22.7. The number of carbonyl (C=O) groups excluding carboxylic acids is 1. The van der Waals surface area contributed by atoms with Gasteiger partial charge in [-0.2, -0.15) is 0 Å². The maximum atomic E-state index is 14.2. The quantitative estimate of drug-likeness (QED) is 0.444. The Balaban J connectivity index is 2.10. The predicted octanol–water partition coefficient (Wildman–Crippen LogP) is 1.83. The van der Waals surface area contributed by atoms with Crippen LogP contribution in [0, 0.1) is 25.5 Å². The zero-order chi connectivity index (χ0) is 23.1. The molecule has 3 rings (SSSR count). The van der Waals surface area contributed by atoms with Crippen molar-refractivity contribution in [2.24, 2.45) is 0 Å². The monoisotopic (exact) mass is 443 g/mol. The van der Waals surface area contributed by atoms with E-state index in [9.17, 15) is 18.4 Å². The summed E-state index contributed by atoms with van der Waals surface area (Å²) < 4.78 is 34.6. The Morgan fingerprint density at radius 1 is 1.16 bits per heavy atom. The normalized spacial score (nSPS) is 11.4. The summed E-state index contributed by atoms with van der Waals surface area (Å²) in [6.07, 6.45) is 2.38. The van der Waals surface area contributed by atoms with Gasteiger partial charge in [-0.15, -0.1) is 0 Å². The number of halogens is 3. The molecule has 3 heterocycles. The molecule has 0 aliphatic rings. The van der Waals surface area contributed by atoms with Crippen LogP contribution >= 0.6 is 11.6 Å². The number of hydrogen-bond acceptors (Lipinski definition) is 5. The molecule has 0 aromatic carbocycles. The van der Waals surface area contributed by atoms with Gasteiger partial charge >= 0.3 is 0 Å². The third-order valence-corrected chi connectivity index (χ3v) is 5.07. The third kappa shape index (κ3) is 4.39. The first-order valence-corrected chi connectivity index (χ1v) is 9.71. The largest absolute Gasteiger partial charge is 0.498 e. The minimum Gasteiger partial charge on any atom is -0.498 e. The minimum absolute atomic E-state index is 0.0226. The number of ether oxygens (including phenoxy) is 1. The SMILES string of the molecule is BC(B)(Oc1cc(C)n(-c2cc(C(C)=O)ncc2C)c(=O)c1Cl)c1ncc(F)cc1F. The summed E-state index contributed by atoms with van der Waals surface area (Å²) in [6, 6.07) is 3.75. The van der Waals surface area contributed by atoms with Gasteiger partial charge in [-0.3, -0.25) is 24.1 Å². The van der Waals surface area contributed by atoms with E-state index in [1.165, 1.54) is 45.5 Å². The molecular formula is C20H18B2ClF2N3O3. The average Bonchev–Trinajstić information content (AvgIpc) is 2.66. The van der Waals surface area contributed by atoms with E-state index in [1.54, 1.807) is 13.8 Å². The standard InChI is InChI=1S/C20H18B2ClF2N3O3/c1-9-7-26-14(11(3)29)6-15(9)28-10(2)4-16(17(23)19(28)30)31-20(21,22)18-13(25)5-12(24)8-27-18/h4-8H,21-22H2,1-3H3. The van der Waals surface area contributed by atoms with Crippen LogP contribution in [0.1, 0.15) is 34.4 Å². The van der Waals surface area contributed by atoms with Gasteiger partial charge in [0.15, 0.2) is 21.5 Å². The Morgan fingerprint density at radius 3 is 2.45 bits per heavy atom. The van der Waals surface area contributed by atoms with Crippen LogP contribution in [0.4, 0.5) is 8.78 Å². The Morgan fingerprint density at radius 2 is 1.84 bits per heavy atom. The second-order valence-corrected chi connectivity index (χ2v) is 7.99. The molecule has 0 amide bonds. The van der Waals surface area contributed by atoms with Crippen LogP contribution in [-0.2, 0) is 5.40 Å². The first-order chi connectivity index (χ1) is 14.4. The van der Waals surface area contributed by atoms with Crippen LogP contribution in [-0.4, -0.2) is 36.0 Å². The molecule has 0 unspecified atom stereocenters. The van der Waals surface area contributed by atoms with Crippen LogP contribution in [0.5, 0.6) is 5.75 Å². The number of rotatable bonds is 5. The molecule has 31 heavy (non-hydrogen) atoms. The van der Waals surface area contributed by atoms with Crippen molar-refractivity contribution >= 4 is 33.1 Å². The number of hydrogen-bond donors (Lipinski definition) is 0. The van der Waals surface area contributed by atoms with Crippen LogP contribution < -0.4 is 10.3 Å². The highest BCUT2D eigenvalue weighted by Gasteiger charge is 2.30. The third-order valence-electron chi connectivity index (χ3n) is 4.72. The maximum absolute atomic E-state index is 14.2. The van der Waals surface area contributed by atoms with Crippen molar-refractivity contribution in [1.82, 2.24) is 14.5 Å². The second-order valence-electron chi connectivity index (χ2n) is 7.61.